The molecule has 3 rings (SSSR count). The van der Waals surface area contributed by atoms with Gasteiger partial charge in [0.05, 0.1) is 0 Å². The van der Waals surface area contributed by atoms with Gasteiger partial charge in [0.2, 0.25) is 0 Å². The molecule has 2 aromatic rings. The van der Waals surface area contributed by atoms with Gasteiger partial charge in [-0.25, -0.2) is 24.3 Å². The third-order valence-electron chi connectivity index (χ3n) is 2.21. The first-order chi connectivity index (χ1) is 6.95. The van der Waals surface area contributed by atoms with Crippen LogP contribution in [0.1, 0.15) is 12.0 Å². The van der Waals surface area contributed by atoms with Gasteiger partial charge in [0, 0.05) is 0 Å². The molecule has 0 N–H and O–H groups in total. The van der Waals surface area contributed by atoms with E-state index in [-0.39, 0.29) is 17.1 Å². The Morgan fingerprint density at radius 3 is 2.07 bits per heavy atom. The van der Waals surface area contributed by atoms with Crippen molar-refractivity contribution in [3.05, 3.63) is 71.8 Å². The number of hydrogen-bond donors (Lipinski definition) is 0. The van der Waals surface area contributed by atoms with Gasteiger partial charge in [0.15, 0.2) is 0 Å². The Morgan fingerprint density at radius 2 is 1.67 bits per heavy atom. The molecular formula is C14H14Fe. The van der Waals surface area contributed by atoms with Crippen LogP contribution in [-0.4, -0.2) is 0 Å². The summed E-state index contributed by atoms with van der Waals surface area (Å²) >= 11 is 0. The summed E-state index contributed by atoms with van der Waals surface area (Å²) in [4.78, 5) is 0. The van der Waals surface area contributed by atoms with Crippen molar-refractivity contribution >= 4 is 0 Å². The Balaban J connectivity index is 0.000000162. The van der Waals surface area contributed by atoms with E-state index in [2.05, 4.69) is 30.3 Å². The van der Waals surface area contributed by atoms with Crippen molar-refractivity contribution in [2.75, 3.05) is 0 Å². The van der Waals surface area contributed by atoms with E-state index in [1.54, 1.807) is 5.57 Å². The molecular weight excluding hydrogens is 224 g/mol. The van der Waals surface area contributed by atoms with Crippen molar-refractivity contribution in [1.29, 1.82) is 0 Å². The van der Waals surface area contributed by atoms with E-state index in [0.29, 0.717) is 0 Å². The van der Waals surface area contributed by atoms with E-state index in [1.165, 1.54) is 18.4 Å². The number of rotatable bonds is 2. The Labute approximate surface area is 102 Å². The molecule has 0 heterocycles. The van der Waals surface area contributed by atoms with Crippen molar-refractivity contribution in [2.45, 2.75) is 12.8 Å². The predicted octanol–water partition coefficient (Wildman–Crippen LogP) is 3.68. The predicted molar refractivity (Wildman–Crippen MR) is 60.5 cm³/mol. The SMILES string of the molecule is C1=C(C[c-]2cccc2)C1.[Fe+2].c1cc[cH-]c1. The molecule has 0 nitrogen and oxygen atoms in total. The van der Waals surface area contributed by atoms with Gasteiger partial charge >= 0.3 is 17.1 Å². The Hall–Kier alpha value is -1.04. The maximum atomic E-state index is 2.28. The number of allylic oxidation sites excluding steroid dienone is 2. The van der Waals surface area contributed by atoms with Gasteiger partial charge in [-0.15, -0.1) is 0 Å². The second kappa shape index (κ2) is 6.44. The zero-order chi connectivity index (χ0) is 9.64. The van der Waals surface area contributed by atoms with Crippen LogP contribution in [0.4, 0.5) is 0 Å². The van der Waals surface area contributed by atoms with Crippen LogP contribution in [-0.2, 0) is 23.5 Å². The second-order valence-corrected chi connectivity index (χ2v) is 3.50. The minimum Gasteiger partial charge on any atom is -0.214 e. The molecule has 0 bridgehead atoms. The summed E-state index contributed by atoms with van der Waals surface area (Å²) in [5, 5.41) is 0. The molecule has 0 saturated heterocycles. The topological polar surface area (TPSA) is 0 Å². The first-order valence-corrected chi connectivity index (χ1v) is 5.00. The van der Waals surface area contributed by atoms with Crippen LogP contribution in [0.25, 0.3) is 0 Å². The molecule has 1 heteroatoms. The van der Waals surface area contributed by atoms with Crippen molar-refractivity contribution in [3.8, 4) is 0 Å². The molecule has 15 heavy (non-hydrogen) atoms. The molecule has 2 aromatic carbocycles. The Bertz CT molecular complexity index is 348. The molecule has 0 unspecified atom stereocenters. The van der Waals surface area contributed by atoms with Crippen molar-refractivity contribution in [2.24, 2.45) is 0 Å². The van der Waals surface area contributed by atoms with Crippen LogP contribution in [0.2, 0.25) is 0 Å². The van der Waals surface area contributed by atoms with E-state index in [1.807, 2.05) is 30.3 Å². The fraction of sp³-hybridized carbons (Fsp3) is 0.143. The molecule has 0 fully saturated rings. The van der Waals surface area contributed by atoms with Crippen molar-refractivity contribution in [3.63, 3.8) is 0 Å². The summed E-state index contributed by atoms with van der Waals surface area (Å²) in [6.07, 6.45) is 4.73. The van der Waals surface area contributed by atoms with E-state index in [9.17, 15) is 0 Å². The molecule has 0 amide bonds. The molecule has 0 aliphatic heterocycles. The fourth-order valence-corrected chi connectivity index (χ4v) is 1.33. The minimum atomic E-state index is 0. The maximum Gasteiger partial charge on any atom is 2.00 e. The molecule has 0 aromatic heterocycles. The average Bonchev–Trinajstić information content (AvgIpc) is 2.76. The van der Waals surface area contributed by atoms with Crippen molar-refractivity contribution in [1.82, 2.24) is 0 Å². The summed E-state index contributed by atoms with van der Waals surface area (Å²) < 4.78 is 0. The fourth-order valence-electron chi connectivity index (χ4n) is 1.33. The van der Waals surface area contributed by atoms with Gasteiger partial charge in [0.25, 0.3) is 0 Å². The van der Waals surface area contributed by atoms with Crippen molar-refractivity contribution < 1.29 is 17.1 Å². The van der Waals surface area contributed by atoms with Crippen LogP contribution in [0.15, 0.2) is 66.2 Å². The van der Waals surface area contributed by atoms with E-state index >= 15 is 0 Å². The van der Waals surface area contributed by atoms with E-state index < -0.39 is 0 Å². The minimum absolute atomic E-state index is 0. The molecule has 78 valence electrons. The molecule has 1 aliphatic rings. The standard InChI is InChI=1S/C9H9.C5H5.Fe/c1-2-4-8(3-1)7-9-5-6-9;1-2-4-5-3-1;/h1-5H,6-7H2;1-5H;/q2*-1;+2. The zero-order valence-electron chi connectivity index (χ0n) is 8.54. The Morgan fingerprint density at radius 1 is 1.07 bits per heavy atom. The van der Waals surface area contributed by atoms with Gasteiger partial charge in [-0.3, -0.25) is 0 Å². The first kappa shape index (κ1) is 12.0. The van der Waals surface area contributed by atoms with Gasteiger partial charge in [-0.05, 0) is 6.42 Å². The Kier molecular flexibility index (Phi) is 5.17. The van der Waals surface area contributed by atoms with E-state index in [0.717, 1.165) is 0 Å². The second-order valence-electron chi connectivity index (χ2n) is 3.50. The molecule has 1 aliphatic carbocycles. The van der Waals surface area contributed by atoms with Gasteiger partial charge in [-0.1, -0.05) is 18.1 Å². The zero-order valence-corrected chi connectivity index (χ0v) is 9.65. The van der Waals surface area contributed by atoms with Crippen LogP contribution < -0.4 is 0 Å². The molecule has 0 spiro atoms. The monoisotopic (exact) mass is 238 g/mol. The first-order valence-electron chi connectivity index (χ1n) is 5.00. The van der Waals surface area contributed by atoms with E-state index in [4.69, 9.17) is 0 Å². The van der Waals surface area contributed by atoms with Gasteiger partial charge < -0.3 is 0 Å². The van der Waals surface area contributed by atoms with Crippen LogP contribution >= 0.6 is 0 Å². The average molecular weight is 238 g/mol. The van der Waals surface area contributed by atoms with Gasteiger partial charge in [-0.2, -0.15) is 35.9 Å². The smallest absolute Gasteiger partial charge is 0.214 e. The van der Waals surface area contributed by atoms with Gasteiger partial charge in [0.1, 0.15) is 0 Å². The number of hydrogen-bond acceptors (Lipinski definition) is 0. The van der Waals surface area contributed by atoms with Crippen LogP contribution in [0, 0.1) is 0 Å². The maximum absolute atomic E-state index is 2.28. The molecule has 0 radical (unpaired) electrons. The van der Waals surface area contributed by atoms with Crippen LogP contribution in [0.5, 0.6) is 0 Å². The largest absolute Gasteiger partial charge is 2.00 e. The normalized spacial score (nSPS) is 11.9. The summed E-state index contributed by atoms with van der Waals surface area (Å²) in [7, 11) is 0. The quantitative estimate of drug-likeness (QED) is 0.425. The third kappa shape index (κ3) is 4.83. The third-order valence-corrected chi connectivity index (χ3v) is 2.21. The summed E-state index contributed by atoms with van der Waals surface area (Å²) in [6.45, 7) is 0. The molecule has 0 saturated carbocycles. The summed E-state index contributed by atoms with van der Waals surface area (Å²) in [5.41, 5.74) is 3.06. The summed E-state index contributed by atoms with van der Waals surface area (Å²) in [6, 6.07) is 18.6. The summed E-state index contributed by atoms with van der Waals surface area (Å²) in [5.74, 6) is 0. The molecule has 0 atom stereocenters. The van der Waals surface area contributed by atoms with Crippen LogP contribution in [0.3, 0.4) is 0 Å².